The molecular formula is C21H23N3O5S. The van der Waals surface area contributed by atoms with Gasteiger partial charge in [0.15, 0.2) is 0 Å². The smallest absolute Gasteiger partial charge is 0.269 e. The van der Waals surface area contributed by atoms with Gasteiger partial charge in [0.25, 0.3) is 15.9 Å². The number of rotatable bonds is 6. The van der Waals surface area contributed by atoms with E-state index in [4.69, 9.17) is 4.74 Å². The van der Waals surface area contributed by atoms with Gasteiger partial charge >= 0.3 is 0 Å². The number of benzene rings is 2. The Labute approximate surface area is 175 Å². The van der Waals surface area contributed by atoms with Crippen molar-refractivity contribution >= 4 is 27.5 Å². The fraction of sp³-hybridized carbons (Fsp3) is 0.238. The SMILES string of the molecule is COc1ccc(NS(=O)(=O)c2cccc(C(=O)NNC(=O)C3CC=CCC3)c2)cc1. The van der Waals surface area contributed by atoms with Gasteiger partial charge in [0.1, 0.15) is 5.75 Å². The van der Waals surface area contributed by atoms with E-state index in [1.807, 2.05) is 12.2 Å². The summed E-state index contributed by atoms with van der Waals surface area (Å²) in [5.41, 5.74) is 5.22. The average molecular weight is 429 g/mol. The van der Waals surface area contributed by atoms with Crippen LogP contribution in [0.4, 0.5) is 5.69 Å². The van der Waals surface area contributed by atoms with Gasteiger partial charge in [0, 0.05) is 17.2 Å². The summed E-state index contributed by atoms with van der Waals surface area (Å²) in [5.74, 6) is -0.451. The van der Waals surface area contributed by atoms with E-state index in [1.54, 1.807) is 24.3 Å². The van der Waals surface area contributed by atoms with Crippen LogP contribution in [0.15, 0.2) is 65.6 Å². The first-order valence-electron chi connectivity index (χ1n) is 9.41. The Hall–Kier alpha value is -3.33. The second kappa shape index (κ2) is 9.45. The zero-order valence-corrected chi connectivity index (χ0v) is 17.2. The van der Waals surface area contributed by atoms with E-state index in [0.29, 0.717) is 17.9 Å². The van der Waals surface area contributed by atoms with Crippen LogP contribution in [0.25, 0.3) is 0 Å². The highest BCUT2D eigenvalue weighted by molar-refractivity contribution is 7.92. The first-order chi connectivity index (χ1) is 14.4. The maximum Gasteiger partial charge on any atom is 0.269 e. The Morgan fingerprint density at radius 3 is 2.47 bits per heavy atom. The lowest BCUT2D eigenvalue weighted by atomic mass is 9.94. The van der Waals surface area contributed by atoms with Gasteiger partial charge in [-0.15, -0.1) is 0 Å². The van der Waals surface area contributed by atoms with Crippen molar-refractivity contribution in [2.24, 2.45) is 5.92 Å². The van der Waals surface area contributed by atoms with E-state index < -0.39 is 15.9 Å². The molecule has 1 aliphatic carbocycles. The topological polar surface area (TPSA) is 114 Å². The summed E-state index contributed by atoms with van der Waals surface area (Å²) < 4.78 is 32.8. The van der Waals surface area contributed by atoms with Crippen LogP contribution in [-0.2, 0) is 14.8 Å². The molecule has 2 amide bonds. The predicted molar refractivity (Wildman–Crippen MR) is 112 cm³/mol. The molecule has 9 heteroatoms. The molecule has 0 bridgehead atoms. The molecule has 0 saturated heterocycles. The fourth-order valence-electron chi connectivity index (χ4n) is 3.00. The number of carbonyl (C=O) groups excluding carboxylic acids is 2. The number of anilines is 1. The molecule has 2 aromatic carbocycles. The lowest BCUT2D eigenvalue weighted by Crippen LogP contribution is -2.44. The van der Waals surface area contributed by atoms with E-state index in [2.05, 4.69) is 15.6 Å². The molecule has 0 spiro atoms. The van der Waals surface area contributed by atoms with Gasteiger partial charge in [-0.3, -0.25) is 25.2 Å². The van der Waals surface area contributed by atoms with Gasteiger partial charge in [-0.25, -0.2) is 8.42 Å². The summed E-state index contributed by atoms with van der Waals surface area (Å²) in [6, 6.07) is 12.0. The highest BCUT2D eigenvalue weighted by atomic mass is 32.2. The van der Waals surface area contributed by atoms with Gasteiger partial charge in [-0.05, 0) is 61.7 Å². The number of hydrogen-bond donors (Lipinski definition) is 3. The Morgan fingerprint density at radius 1 is 1.03 bits per heavy atom. The number of allylic oxidation sites excluding steroid dienone is 2. The number of methoxy groups -OCH3 is 1. The number of hydrogen-bond acceptors (Lipinski definition) is 5. The summed E-state index contributed by atoms with van der Waals surface area (Å²) in [6.45, 7) is 0. The minimum absolute atomic E-state index is 0.0743. The Kier molecular flexibility index (Phi) is 6.73. The zero-order chi connectivity index (χ0) is 21.6. The highest BCUT2D eigenvalue weighted by Crippen LogP contribution is 2.20. The van der Waals surface area contributed by atoms with Gasteiger partial charge in [-0.2, -0.15) is 0 Å². The molecule has 1 atom stereocenters. The molecule has 3 rings (SSSR count). The van der Waals surface area contributed by atoms with E-state index in [9.17, 15) is 18.0 Å². The third kappa shape index (κ3) is 5.38. The molecule has 1 unspecified atom stereocenters. The second-order valence-corrected chi connectivity index (χ2v) is 8.47. The standard InChI is InChI=1S/C21H23N3O5S/c1-29-18-12-10-17(11-13-18)24-30(27,28)19-9-5-8-16(14-19)21(26)23-22-20(25)15-6-3-2-4-7-15/h2-3,5,8-15,24H,4,6-7H2,1H3,(H,22,25)(H,23,26). The molecule has 0 aliphatic heterocycles. The first kappa shape index (κ1) is 21.4. The number of amides is 2. The largest absolute Gasteiger partial charge is 0.497 e. The summed E-state index contributed by atoms with van der Waals surface area (Å²) in [5, 5.41) is 0. The molecule has 0 fully saturated rings. The zero-order valence-electron chi connectivity index (χ0n) is 16.4. The number of sulfonamides is 1. The number of hydrazine groups is 1. The van der Waals surface area contributed by atoms with Crippen LogP contribution >= 0.6 is 0 Å². The van der Waals surface area contributed by atoms with E-state index >= 15 is 0 Å². The molecule has 158 valence electrons. The lowest BCUT2D eigenvalue weighted by Gasteiger charge is -2.17. The molecule has 30 heavy (non-hydrogen) atoms. The van der Waals surface area contributed by atoms with E-state index in [0.717, 1.165) is 12.8 Å². The van der Waals surface area contributed by atoms with Crippen LogP contribution in [0.5, 0.6) is 5.75 Å². The van der Waals surface area contributed by atoms with Crippen molar-refractivity contribution in [3.63, 3.8) is 0 Å². The molecule has 0 heterocycles. The van der Waals surface area contributed by atoms with Crippen molar-refractivity contribution in [2.45, 2.75) is 24.2 Å². The van der Waals surface area contributed by atoms with Crippen molar-refractivity contribution in [3.05, 3.63) is 66.2 Å². The summed E-state index contributed by atoms with van der Waals surface area (Å²) in [7, 11) is -2.38. The monoisotopic (exact) mass is 429 g/mol. The van der Waals surface area contributed by atoms with Crippen molar-refractivity contribution in [1.82, 2.24) is 10.9 Å². The third-order valence-electron chi connectivity index (χ3n) is 4.69. The molecule has 0 saturated carbocycles. The van der Waals surface area contributed by atoms with Crippen LogP contribution in [0.2, 0.25) is 0 Å². The molecule has 3 N–H and O–H groups in total. The van der Waals surface area contributed by atoms with Gasteiger partial charge < -0.3 is 4.74 Å². The number of carbonyl (C=O) groups is 2. The van der Waals surface area contributed by atoms with Crippen molar-refractivity contribution in [1.29, 1.82) is 0 Å². The third-order valence-corrected chi connectivity index (χ3v) is 6.07. The number of ether oxygens (including phenoxy) is 1. The quantitative estimate of drug-likeness (QED) is 0.483. The normalized spacial score (nSPS) is 15.8. The highest BCUT2D eigenvalue weighted by Gasteiger charge is 2.20. The minimum Gasteiger partial charge on any atom is -0.497 e. The van der Waals surface area contributed by atoms with E-state index in [-0.39, 0.29) is 22.3 Å². The Bertz CT molecular complexity index is 1050. The molecule has 0 radical (unpaired) electrons. The number of nitrogens with one attached hydrogen (secondary N) is 3. The Balaban J connectivity index is 1.65. The summed E-state index contributed by atoms with van der Waals surface area (Å²) >= 11 is 0. The van der Waals surface area contributed by atoms with Crippen LogP contribution in [0, 0.1) is 5.92 Å². The van der Waals surface area contributed by atoms with Crippen molar-refractivity contribution in [2.75, 3.05) is 11.8 Å². The van der Waals surface area contributed by atoms with Crippen molar-refractivity contribution in [3.8, 4) is 5.75 Å². The molecule has 1 aliphatic rings. The maximum atomic E-state index is 12.7. The van der Waals surface area contributed by atoms with E-state index in [1.165, 1.54) is 31.4 Å². The fourth-order valence-corrected chi connectivity index (χ4v) is 4.11. The van der Waals surface area contributed by atoms with Gasteiger partial charge in [0.2, 0.25) is 5.91 Å². The average Bonchev–Trinajstić information content (AvgIpc) is 2.78. The van der Waals surface area contributed by atoms with Gasteiger partial charge in [0.05, 0.1) is 12.0 Å². The first-order valence-corrected chi connectivity index (χ1v) is 10.9. The summed E-state index contributed by atoms with van der Waals surface area (Å²) in [6.07, 6.45) is 6.15. The maximum absolute atomic E-state index is 12.7. The summed E-state index contributed by atoms with van der Waals surface area (Å²) in [4.78, 5) is 24.4. The predicted octanol–water partition coefficient (Wildman–Crippen LogP) is 2.61. The molecule has 2 aromatic rings. The van der Waals surface area contributed by atoms with Crippen LogP contribution in [-0.4, -0.2) is 27.3 Å². The molecule has 8 nitrogen and oxygen atoms in total. The van der Waals surface area contributed by atoms with Crippen LogP contribution in [0.1, 0.15) is 29.6 Å². The molecular weight excluding hydrogens is 406 g/mol. The van der Waals surface area contributed by atoms with Crippen LogP contribution < -0.4 is 20.3 Å². The minimum atomic E-state index is -3.90. The Morgan fingerprint density at radius 2 is 1.80 bits per heavy atom. The van der Waals surface area contributed by atoms with Crippen LogP contribution in [0.3, 0.4) is 0 Å². The van der Waals surface area contributed by atoms with Gasteiger partial charge in [-0.1, -0.05) is 18.2 Å². The lowest BCUT2D eigenvalue weighted by molar-refractivity contribution is -0.126. The molecule has 0 aromatic heterocycles. The van der Waals surface area contributed by atoms with Crippen molar-refractivity contribution < 1.29 is 22.7 Å². The second-order valence-electron chi connectivity index (χ2n) is 6.79.